The Hall–Kier alpha value is -1.16. The molecule has 1 aromatic rings. The SMILES string of the molecule is CC1SCCC1Nc1ccc(CC(=O)N(C)C)cc1. The summed E-state index contributed by atoms with van der Waals surface area (Å²) in [5.41, 5.74) is 2.22. The van der Waals surface area contributed by atoms with Crippen LogP contribution in [0.3, 0.4) is 0 Å². The van der Waals surface area contributed by atoms with E-state index in [1.165, 1.54) is 12.2 Å². The van der Waals surface area contributed by atoms with Gasteiger partial charge < -0.3 is 10.2 Å². The molecule has 1 aromatic carbocycles. The molecule has 0 spiro atoms. The maximum Gasteiger partial charge on any atom is 0.226 e. The monoisotopic (exact) mass is 278 g/mol. The van der Waals surface area contributed by atoms with Crippen molar-refractivity contribution in [2.24, 2.45) is 0 Å². The van der Waals surface area contributed by atoms with Crippen LogP contribution < -0.4 is 5.32 Å². The second-order valence-electron chi connectivity index (χ2n) is 5.28. The molecule has 2 rings (SSSR count). The smallest absolute Gasteiger partial charge is 0.226 e. The Kier molecular flexibility index (Phi) is 4.75. The predicted molar refractivity (Wildman–Crippen MR) is 82.8 cm³/mol. The maximum absolute atomic E-state index is 11.6. The number of hydrogen-bond donors (Lipinski definition) is 1. The lowest BCUT2D eigenvalue weighted by molar-refractivity contribution is -0.127. The van der Waals surface area contributed by atoms with Gasteiger partial charge in [-0.3, -0.25) is 4.79 Å². The first kappa shape index (κ1) is 14.3. The Balaban J connectivity index is 1.93. The molecule has 0 saturated carbocycles. The van der Waals surface area contributed by atoms with Crippen LogP contribution in [0.2, 0.25) is 0 Å². The van der Waals surface area contributed by atoms with Crippen LogP contribution >= 0.6 is 11.8 Å². The van der Waals surface area contributed by atoms with Crippen LogP contribution in [0.5, 0.6) is 0 Å². The number of carbonyl (C=O) groups is 1. The van der Waals surface area contributed by atoms with Crippen LogP contribution in [0.25, 0.3) is 0 Å². The fourth-order valence-corrected chi connectivity index (χ4v) is 3.39. The first-order valence-corrected chi connectivity index (χ1v) is 7.78. The Morgan fingerprint density at radius 1 is 1.37 bits per heavy atom. The molecule has 1 saturated heterocycles. The van der Waals surface area contributed by atoms with E-state index in [2.05, 4.69) is 24.4 Å². The minimum atomic E-state index is 0.140. The molecule has 0 bridgehead atoms. The molecule has 1 N–H and O–H groups in total. The molecular formula is C15H22N2OS. The van der Waals surface area contributed by atoms with Gasteiger partial charge in [0.15, 0.2) is 0 Å². The van der Waals surface area contributed by atoms with Crippen molar-refractivity contribution in [3.05, 3.63) is 29.8 Å². The molecule has 1 fully saturated rings. The second-order valence-corrected chi connectivity index (χ2v) is 6.76. The van der Waals surface area contributed by atoms with Crippen molar-refractivity contribution < 1.29 is 4.79 Å². The van der Waals surface area contributed by atoms with E-state index in [1.807, 2.05) is 23.9 Å². The van der Waals surface area contributed by atoms with Crippen LogP contribution in [-0.2, 0) is 11.2 Å². The van der Waals surface area contributed by atoms with Gasteiger partial charge >= 0.3 is 0 Å². The van der Waals surface area contributed by atoms with Crippen molar-refractivity contribution in [2.45, 2.75) is 31.1 Å². The molecule has 1 aliphatic heterocycles. The van der Waals surface area contributed by atoms with E-state index < -0.39 is 0 Å². The third-order valence-corrected chi connectivity index (χ3v) is 4.86. The lowest BCUT2D eigenvalue weighted by atomic mass is 10.1. The van der Waals surface area contributed by atoms with Crippen LogP contribution in [0, 0.1) is 0 Å². The molecule has 0 aliphatic carbocycles. The third-order valence-electron chi connectivity index (χ3n) is 3.54. The first-order valence-electron chi connectivity index (χ1n) is 6.73. The van der Waals surface area contributed by atoms with E-state index in [4.69, 9.17) is 0 Å². The van der Waals surface area contributed by atoms with Gasteiger partial charge in [0.05, 0.1) is 6.42 Å². The highest BCUT2D eigenvalue weighted by Gasteiger charge is 2.23. The molecule has 2 atom stereocenters. The fraction of sp³-hybridized carbons (Fsp3) is 0.533. The summed E-state index contributed by atoms with van der Waals surface area (Å²) in [7, 11) is 3.58. The average molecular weight is 278 g/mol. The number of likely N-dealkylation sites (N-methyl/N-ethyl adjacent to an activating group) is 1. The molecule has 1 aliphatic rings. The maximum atomic E-state index is 11.6. The van der Waals surface area contributed by atoms with Crippen LogP contribution in [-0.4, -0.2) is 41.9 Å². The molecule has 0 radical (unpaired) electrons. The first-order chi connectivity index (χ1) is 9.06. The fourth-order valence-electron chi connectivity index (χ4n) is 2.19. The van der Waals surface area contributed by atoms with Gasteiger partial charge in [0.2, 0.25) is 5.91 Å². The lowest BCUT2D eigenvalue weighted by Gasteiger charge is -2.18. The minimum Gasteiger partial charge on any atom is -0.381 e. The Morgan fingerprint density at radius 2 is 2.05 bits per heavy atom. The molecule has 1 heterocycles. The lowest BCUT2D eigenvalue weighted by Crippen LogP contribution is -2.25. The van der Waals surface area contributed by atoms with Crippen molar-refractivity contribution in [2.75, 3.05) is 25.2 Å². The van der Waals surface area contributed by atoms with Crippen molar-refractivity contribution in [3.8, 4) is 0 Å². The van der Waals surface area contributed by atoms with E-state index in [0.717, 1.165) is 11.3 Å². The average Bonchev–Trinajstić information content (AvgIpc) is 2.77. The zero-order valence-corrected chi connectivity index (χ0v) is 12.7. The van der Waals surface area contributed by atoms with Gasteiger partial charge in [-0.1, -0.05) is 19.1 Å². The number of benzene rings is 1. The van der Waals surface area contributed by atoms with E-state index in [0.29, 0.717) is 17.7 Å². The highest BCUT2D eigenvalue weighted by molar-refractivity contribution is 8.00. The van der Waals surface area contributed by atoms with Gasteiger partial charge in [0.1, 0.15) is 0 Å². The molecule has 3 nitrogen and oxygen atoms in total. The Morgan fingerprint density at radius 3 is 2.58 bits per heavy atom. The van der Waals surface area contributed by atoms with Gasteiger partial charge in [-0.25, -0.2) is 0 Å². The number of nitrogens with one attached hydrogen (secondary N) is 1. The number of rotatable bonds is 4. The summed E-state index contributed by atoms with van der Waals surface area (Å²) in [5.74, 6) is 1.38. The van der Waals surface area contributed by atoms with Crippen LogP contribution in [0.1, 0.15) is 18.9 Å². The highest BCUT2D eigenvalue weighted by atomic mass is 32.2. The third kappa shape index (κ3) is 3.90. The summed E-state index contributed by atoms with van der Waals surface area (Å²) in [6.07, 6.45) is 1.70. The topological polar surface area (TPSA) is 32.3 Å². The summed E-state index contributed by atoms with van der Waals surface area (Å²) in [6, 6.07) is 8.80. The van der Waals surface area contributed by atoms with Gasteiger partial charge in [0, 0.05) is 31.1 Å². The van der Waals surface area contributed by atoms with E-state index in [1.54, 1.807) is 19.0 Å². The summed E-state index contributed by atoms with van der Waals surface area (Å²) < 4.78 is 0. The molecular weight excluding hydrogens is 256 g/mol. The van der Waals surface area contributed by atoms with E-state index in [9.17, 15) is 4.79 Å². The second kappa shape index (κ2) is 6.33. The number of carbonyl (C=O) groups excluding carboxylic acids is 1. The number of nitrogens with zero attached hydrogens (tertiary/aromatic N) is 1. The van der Waals surface area contributed by atoms with Gasteiger partial charge in [-0.15, -0.1) is 0 Å². The van der Waals surface area contributed by atoms with Crippen LogP contribution in [0.15, 0.2) is 24.3 Å². The summed E-state index contributed by atoms with van der Waals surface area (Å²) >= 11 is 2.03. The van der Waals surface area contributed by atoms with Crippen molar-refractivity contribution in [1.82, 2.24) is 4.90 Å². The summed E-state index contributed by atoms with van der Waals surface area (Å²) in [6.45, 7) is 2.28. The summed E-state index contributed by atoms with van der Waals surface area (Å²) in [5, 5.41) is 4.25. The van der Waals surface area contributed by atoms with Gasteiger partial charge in [-0.05, 0) is 29.9 Å². The number of thioether (sulfide) groups is 1. The number of amides is 1. The zero-order valence-electron chi connectivity index (χ0n) is 11.8. The van der Waals surface area contributed by atoms with Gasteiger partial charge in [-0.2, -0.15) is 11.8 Å². The largest absolute Gasteiger partial charge is 0.381 e. The molecule has 1 amide bonds. The standard InChI is InChI=1S/C15H22N2OS/c1-11-14(8-9-19-11)16-13-6-4-12(5-7-13)10-15(18)17(2)3/h4-7,11,14,16H,8-10H2,1-3H3. The van der Waals surface area contributed by atoms with E-state index >= 15 is 0 Å². The highest BCUT2D eigenvalue weighted by Crippen LogP contribution is 2.28. The number of anilines is 1. The minimum absolute atomic E-state index is 0.140. The van der Waals surface area contributed by atoms with Gasteiger partial charge in [0.25, 0.3) is 0 Å². The normalized spacial score (nSPS) is 22.3. The quantitative estimate of drug-likeness (QED) is 0.919. The molecule has 0 aromatic heterocycles. The summed E-state index contributed by atoms with van der Waals surface area (Å²) in [4.78, 5) is 13.3. The molecule has 104 valence electrons. The number of hydrogen-bond acceptors (Lipinski definition) is 3. The molecule has 4 heteroatoms. The van der Waals surface area contributed by atoms with Crippen molar-refractivity contribution >= 4 is 23.4 Å². The predicted octanol–water partition coefficient (Wildman–Crippen LogP) is 2.62. The van der Waals surface area contributed by atoms with E-state index in [-0.39, 0.29) is 5.91 Å². The molecule has 2 unspecified atom stereocenters. The van der Waals surface area contributed by atoms with Crippen LogP contribution in [0.4, 0.5) is 5.69 Å². The molecule has 19 heavy (non-hydrogen) atoms. The van der Waals surface area contributed by atoms with Crippen molar-refractivity contribution in [1.29, 1.82) is 0 Å². The Labute approximate surface area is 119 Å². The zero-order chi connectivity index (χ0) is 13.8. The van der Waals surface area contributed by atoms with Crippen molar-refractivity contribution in [3.63, 3.8) is 0 Å². The Bertz CT molecular complexity index is 430.